The lowest BCUT2D eigenvalue weighted by molar-refractivity contribution is -0.161. The Labute approximate surface area is 634 Å². The molecular formula is C85H152O17P2. The number of esters is 4. The molecule has 0 bridgehead atoms. The van der Waals surface area contributed by atoms with Crippen molar-refractivity contribution < 1.29 is 80.2 Å². The van der Waals surface area contributed by atoms with E-state index >= 15 is 0 Å². The van der Waals surface area contributed by atoms with Crippen LogP contribution in [0, 0.1) is 0 Å². The van der Waals surface area contributed by atoms with Gasteiger partial charge in [0.1, 0.15) is 19.3 Å². The van der Waals surface area contributed by atoms with E-state index in [-0.39, 0.29) is 25.7 Å². The zero-order chi connectivity index (χ0) is 76.0. The third-order valence-electron chi connectivity index (χ3n) is 17.8. The maximum atomic E-state index is 13.1. The summed E-state index contributed by atoms with van der Waals surface area (Å²) in [5.41, 5.74) is 0. The first-order valence-corrected chi connectivity index (χ1v) is 44.8. The number of ether oxygens (including phenoxy) is 4. The van der Waals surface area contributed by atoms with Gasteiger partial charge < -0.3 is 33.8 Å². The summed E-state index contributed by atoms with van der Waals surface area (Å²) in [6.07, 6.45) is 81.3. The molecule has 0 saturated carbocycles. The van der Waals surface area contributed by atoms with Crippen molar-refractivity contribution in [3.05, 3.63) is 85.1 Å². The Morgan fingerprint density at radius 1 is 0.269 bits per heavy atom. The van der Waals surface area contributed by atoms with Crippen LogP contribution < -0.4 is 0 Å². The molecule has 0 heterocycles. The quantitative estimate of drug-likeness (QED) is 0.0169. The fourth-order valence-electron chi connectivity index (χ4n) is 11.4. The molecular weight excluding hydrogens is 1350 g/mol. The van der Waals surface area contributed by atoms with E-state index in [1.807, 2.05) is 12.2 Å². The Balaban J connectivity index is 5.40. The summed E-state index contributed by atoms with van der Waals surface area (Å²) in [5.74, 6) is -2.24. The number of rotatable bonds is 79. The van der Waals surface area contributed by atoms with Crippen LogP contribution in [-0.4, -0.2) is 96.7 Å². The number of carbonyl (C=O) groups is 4. The fraction of sp³-hybridized carbons (Fsp3) is 0.788. The maximum absolute atomic E-state index is 13.1. The topological polar surface area (TPSA) is 237 Å². The zero-order valence-electron chi connectivity index (χ0n) is 66.2. The van der Waals surface area contributed by atoms with Gasteiger partial charge in [0, 0.05) is 25.7 Å². The lowest BCUT2D eigenvalue weighted by Crippen LogP contribution is -2.30. The monoisotopic (exact) mass is 1510 g/mol. The Bertz CT molecular complexity index is 2300. The maximum Gasteiger partial charge on any atom is 0.472 e. The lowest BCUT2D eigenvalue weighted by atomic mass is 10.0. The summed E-state index contributed by atoms with van der Waals surface area (Å²) in [4.78, 5) is 73.1. The molecule has 0 aromatic carbocycles. The summed E-state index contributed by atoms with van der Waals surface area (Å²) >= 11 is 0. The van der Waals surface area contributed by atoms with Crippen molar-refractivity contribution in [1.29, 1.82) is 0 Å². The number of aliphatic hydroxyl groups is 1. The highest BCUT2D eigenvalue weighted by molar-refractivity contribution is 7.47. The van der Waals surface area contributed by atoms with E-state index in [0.717, 1.165) is 135 Å². The molecule has 5 atom stereocenters. The van der Waals surface area contributed by atoms with Crippen LogP contribution in [0.3, 0.4) is 0 Å². The molecule has 0 rings (SSSR count). The van der Waals surface area contributed by atoms with E-state index in [4.69, 9.17) is 37.0 Å². The highest BCUT2D eigenvalue weighted by atomic mass is 31.2. The standard InChI is InChI=1S/C85H152O17P2/c1-5-9-13-17-21-25-29-33-37-39-43-46-50-54-58-62-66-70-83(88)96-76-80(101-84(89)71-67-63-59-55-51-47-42-36-32-28-24-20-16-12-8-4)77-99-103(91,92)97-73-79(86)74-98-104(93,94)100-78-81(75-95-82(87)69-65-61-57-53-49-45-41-35-31-27-23-19-15-11-7-3)102-85(90)72-68-64-60-56-52-48-44-40-38-34-30-26-22-18-14-10-6-2/h21,24-25,28,33,35-37,41-43,46,54,58,79-81,86H,5-20,22-23,26-27,29-32,34,38-40,44-45,47-53,55-57,59-78H2,1-4H3,(H,91,92)(H,93,94)/b25-21-,28-24-,37-33-,41-35-,42-36-,46-43-,58-54-/t79-,80+,81+/m0/s1. The molecule has 604 valence electrons. The minimum atomic E-state index is -4.99. The predicted octanol–water partition coefficient (Wildman–Crippen LogP) is 24.6. The van der Waals surface area contributed by atoms with Gasteiger partial charge >= 0.3 is 39.5 Å². The normalized spacial score (nSPS) is 14.3. The van der Waals surface area contributed by atoms with Gasteiger partial charge in [-0.25, -0.2) is 9.13 Å². The van der Waals surface area contributed by atoms with Gasteiger partial charge in [-0.1, -0.05) is 312 Å². The predicted molar refractivity (Wildman–Crippen MR) is 427 cm³/mol. The van der Waals surface area contributed by atoms with Gasteiger partial charge in [0.25, 0.3) is 0 Å². The smallest absolute Gasteiger partial charge is 0.462 e. The molecule has 3 N–H and O–H groups in total. The summed E-state index contributed by atoms with van der Waals surface area (Å²) in [6.45, 7) is 4.80. The molecule has 0 radical (unpaired) electrons. The summed E-state index contributed by atoms with van der Waals surface area (Å²) in [7, 11) is -9.97. The van der Waals surface area contributed by atoms with Gasteiger partial charge in [-0.3, -0.25) is 37.3 Å². The van der Waals surface area contributed by atoms with Gasteiger partial charge in [0.05, 0.1) is 26.4 Å². The molecule has 0 aliphatic rings. The lowest BCUT2D eigenvalue weighted by Gasteiger charge is -2.21. The molecule has 0 spiro atoms. The molecule has 0 saturated heterocycles. The van der Waals surface area contributed by atoms with Gasteiger partial charge in [0.2, 0.25) is 0 Å². The molecule has 17 nitrogen and oxygen atoms in total. The van der Waals surface area contributed by atoms with E-state index in [0.29, 0.717) is 32.1 Å². The number of aliphatic hydroxyl groups excluding tert-OH is 1. The van der Waals surface area contributed by atoms with Crippen LogP contribution >= 0.6 is 15.6 Å². The molecule has 104 heavy (non-hydrogen) atoms. The number of hydrogen-bond acceptors (Lipinski definition) is 15. The summed E-state index contributed by atoms with van der Waals surface area (Å²) in [6, 6.07) is 0. The van der Waals surface area contributed by atoms with Gasteiger partial charge in [-0.2, -0.15) is 0 Å². The Kier molecular flexibility index (Phi) is 74.6. The SMILES string of the molecule is CCCCC/C=C\C/C=C\C/C=C\C/C=C\CCCC(=O)OC[C@H](COP(=O)(O)OC[C@H](O)COP(=O)(O)OC[C@@H](COC(=O)CCCCCCC/C=C\CCCCCCCC)OC(=O)CCCCCCCCCCCCCCCCCCC)OC(=O)CCCCCCC/C=C\C/C=C\CCCCC. The number of hydrogen-bond donors (Lipinski definition) is 3. The van der Waals surface area contributed by atoms with Crippen LogP contribution in [0.2, 0.25) is 0 Å². The highest BCUT2D eigenvalue weighted by Crippen LogP contribution is 2.45. The summed E-state index contributed by atoms with van der Waals surface area (Å²) < 4.78 is 68.7. The van der Waals surface area contributed by atoms with Crippen molar-refractivity contribution in [2.75, 3.05) is 39.6 Å². The van der Waals surface area contributed by atoms with Crippen molar-refractivity contribution in [1.82, 2.24) is 0 Å². The first-order chi connectivity index (χ1) is 50.7. The summed E-state index contributed by atoms with van der Waals surface area (Å²) in [5, 5.41) is 10.7. The molecule has 0 fully saturated rings. The Morgan fingerprint density at radius 2 is 0.481 bits per heavy atom. The molecule has 0 amide bonds. The van der Waals surface area contributed by atoms with Gasteiger partial charge in [-0.15, -0.1) is 0 Å². The van der Waals surface area contributed by atoms with E-state index in [2.05, 4.69) is 101 Å². The van der Waals surface area contributed by atoms with E-state index in [9.17, 15) is 43.2 Å². The molecule has 0 aromatic rings. The van der Waals surface area contributed by atoms with Crippen molar-refractivity contribution in [3.8, 4) is 0 Å². The van der Waals surface area contributed by atoms with E-state index in [1.54, 1.807) is 0 Å². The van der Waals surface area contributed by atoms with Crippen LogP contribution in [0.25, 0.3) is 0 Å². The Morgan fingerprint density at radius 3 is 0.788 bits per heavy atom. The second-order valence-electron chi connectivity index (χ2n) is 28.1. The van der Waals surface area contributed by atoms with Crippen LogP contribution in [0.5, 0.6) is 0 Å². The second-order valence-corrected chi connectivity index (χ2v) is 31.0. The Hall–Kier alpha value is -3.76. The minimum absolute atomic E-state index is 0.0685. The van der Waals surface area contributed by atoms with Crippen LogP contribution in [0.1, 0.15) is 374 Å². The van der Waals surface area contributed by atoms with Crippen molar-refractivity contribution in [3.63, 3.8) is 0 Å². The fourth-order valence-corrected chi connectivity index (χ4v) is 13.0. The van der Waals surface area contributed by atoms with Gasteiger partial charge in [-0.05, 0) is 122 Å². The first-order valence-electron chi connectivity index (χ1n) is 41.8. The molecule has 0 aliphatic heterocycles. The molecule has 19 heteroatoms. The first kappa shape index (κ1) is 100. The zero-order valence-corrected chi connectivity index (χ0v) is 68.0. The highest BCUT2D eigenvalue weighted by Gasteiger charge is 2.30. The molecule has 0 aromatic heterocycles. The number of unbranched alkanes of at least 4 members (excludes halogenated alkanes) is 39. The average molecular weight is 1510 g/mol. The van der Waals surface area contributed by atoms with Crippen LogP contribution in [0.15, 0.2) is 85.1 Å². The second kappa shape index (κ2) is 77.4. The average Bonchev–Trinajstić information content (AvgIpc) is 0.909. The minimum Gasteiger partial charge on any atom is -0.462 e. The number of phosphoric ester groups is 2. The van der Waals surface area contributed by atoms with Crippen LogP contribution in [-0.2, 0) is 65.4 Å². The van der Waals surface area contributed by atoms with Crippen molar-refractivity contribution in [2.24, 2.45) is 0 Å². The third kappa shape index (κ3) is 76.4. The van der Waals surface area contributed by atoms with Crippen molar-refractivity contribution in [2.45, 2.75) is 393 Å². The molecule has 0 aliphatic carbocycles. The number of carbonyl (C=O) groups excluding carboxylic acids is 4. The largest absolute Gasteiger partial charge is 0.472 e. The molecule has 2 unspecified atom stereocenters. The number of phosphoric acid groups is 2. The van der Waals surface area contributed by atoms with Gasteiger partial charge in [0.15, 0.2) is 12.2 Å². The van der Waals surface area contributed by atoms with E-state index < -0.39 is 97.5 Å². The number of allylic oxidation sites excluding steroid dienone is 14. The van der Waals surface area contributed by atoms with E-state index in [1.165, 1.54) is 154 Å². The van der Waals surface area contributed by atoms with Crippen molar-refractivity contribution >= 4 is 39.5 Å². The van der Waals surface area contributed by atoms with Crippen LogP contribution in [0.4, 0.5) is 0 Å². The third-order valence-corrected chi connectivity index (χ3v) is 19.7.